The van der Waals surface area contributed by atoms with E-state index in [0.29, 0.717) is 49.0 Å². The molecule has 0 aliphatic heterocycles. The summed E-state index contributed by atoms with van der Waals surface area (Å²) >= 11 is 19.7. The molecular formula is C26H14Br2Cl2O4. The Labute approximate surface area is 222 Å². The van der Waals surface area contributed by atoms with E-state index in [1.807, 2.05) is 36.4 Å². The van der Waals surface area contributed by atoms with Crippen molar-refractivity contribution in [2.24, 2.45) is 0 Å². The van der Waals surface area contributed by atoms with Crippen LogP contribution in [0.2, 0.25) is 10.0 Å². The summed E-state index contributed by atoms with van der Waals surface area (Å²) in [6.07, 6.45) is 0. The quantitative estimate of drug-likeness (QED) is 0.219. The van der Waals surface area contributed by atoms with Gasteiger partial charge in [-0.2, -0.15) is 0 Å². The van der Waals surface area contributed by atoms with Crippen molar-refractivity contribution >= 4 is 67.5 Å². The smallest absolute Gasteiger partial charge is 0.336 e. The highest BCUT2D eigenvalue weighted by Crippen LogP contribution is 2.40. The number of hydrogen-bond acceptors (Lipinski definition) is 3. The molecular weight excluding hydrogens is 607 g/mol. The van der Waals surface area contributed by atoms with Gasteiger partial charge in [-0.1, -0.05) is 73.3 Å². The van der Waals surface area contributed by atoms with E-state index >= 15 is 0 Å². The minimum absolute atomic E-state index is 0.135. The van der Waals surface area contributed by atoms with E-state index in [0.717, 1.165) is 15.6 Å². The highest BCUT2D eigenvalue weighted by atomic mass is 79.9. The van der Waals surface area contributed by atoms with E-state index in [4.69, 9.17) is 27.9 Å². The first-order chi connectivity index (χ1) is 16.3. The van der Waals surface area contributed by atoms with Crippen LogP contribution in [0.4, 0.5) is 0 Å². The van der Waals surface area contributed by atoms with E-state index in [1.54, 1.807) is 36.4 Å². The number of halogens is 4. The fourth-order valence-corrected chi connectivity index (χ4v) is 4.76. The molecule has 0 saturated carbocycles. The summed E-state index contributed by atoms with van der Waals surface area (Å²) in [5.74, 6) is -0.689. The molecule has 0 heterocycles. The van der Waals surface area contributed by atoms with Crippen LogP contribution >= 0.6 is 55.1 Å². The van der Waals surface area contributed by atoms with Gasteiger partial charge in [0.25, 0.3) is 6.47 Å². The normalized spacial score (nSPS) is 10.7. The predicted octanol–water partition coefficient (Wildman–Crippen LogP) is 8.75. The average molecular weight is 621 g/mol. The number of carbonyl (C=O) groups excluding carboxylic acids is 1. The number of carboxylic acids is 1. The van der Waals surface area contributed by atoms with Crippen molar-refractivity contribution in [1.82, 2.24) is 0 Å². The van der Waals surface area contributed by atoms with Gasteiger partial charge in [-0.25, -0.2) is 4.79 Å². The van der Waals surface area contributed by atoms with Crippen LogP contribution in [-0.4, -0.2) is 17.5 Å². The molecule has 0 radical (unpaired) electrons. The standard InChI is InChI=1S/C26H14Br2Cl2O4/c27-16-3-5-18(22(11-16)26(32)33)20-9-14(1-7-23(20)29)15-2-8-24(30)21(10-15)19-6-4-17(28)12-25(19)34-13-31/h1-13H,(H,32,33). The first kappa shape index (κ1) is 24.5. The number of carbonyl (C=O) groups is 2. The van der Waals surface area contributed by atoms with Gasteiger partial charge in [-0.05, 0) is 71.3 Å². The van der Waals surface area contributed by atoms with Gasteiger partial charge in [0, 0.05) is 35.7 Å². The average Bonchev–Trinajstić information content (AvgIpc) is 2.80. The van der Waals surface area contributed by atoms with Gasteiger partial charge in [-0.15, -0.1) is 0 Å². The monoisotopic (exact) mass is 618 g/mol. The Hall–Kier alpha value is -2.64. The largest absolute Gasteiger partial charge is 0.478 e. The van der Waals surface area contributed by atoms with Crippen molar-refractivity contribution in [3.05, 3.63) is 97.4 Å². The summed E-state index contributed by atoms with van der Waals surface area (Å²) in [6.45, 7) is 0.368. The lowest BCUT2D eigenvalue weighted by atomic mass is 9.94. The maximum atomic E-state index is 11.8. The third-order valence-corrected chi connectivity index (χ3v) is 6.82. The fourth-order valence-electron chi connectivity index (χ4n) is 3.62. The van der Waals surface area contributed by atoms with Crippen LogP contribution in [0.3, 0.4) is 0 Å². The number of rotatable bonds is 6. The van der Waals surface area contributed by atoms with Crippen molar-refractivity contribution in [3.63, 3.8) is 0 Å². The second kappa shape index (κ2) is 10.3. The summed E-state index contributed by atoms with van der Waals surface area (Å²) in [4.78, 5) is 22.9. The van der Waals surface area contributed by atoms with Gasteiger partial charge in [0.1, 0.15) is 5.75 Å². The molecule has 0 aliphatic carbocycles. The first-order valence-corrected chi connectivity index (χ1v) is 12.2. The molecule has 34 heavy (non-hydrogen) atoms. The van der Waals surface area contributed by atoms with Crippen LogP contribution in [0.25, 0.3) is 33.4 Å². The maximum Gasteiger partial charge on any atom is 0.336 e. The molecule has 0 bridgehead atoms. The number of benzene rings is 4. The van der Waals surface area contributed by atoms with Crippen LogP contribution < -0.4 is 4.74 Å². The zero-order valence-electron chi connectivity index (χ0n) is 17.2. The van der Waals surface area contributed by atoms with Crippen molar-refractivity contribution in [2.45, 2.75) is 0 Å². The molecule has 170 valence electrons. The van der Waals surface area contributed by atoms with Crippen LogP contribution in [0.1, 0.15) is 10.4 Å². The Balaban J connectivity index is 1.86. The van der Waals surface area contributed by atoms with E-state index in [9.17, 15) is 14.7 Å². The summed E-state index contributed by atoms with van der Waals surface area (Å²) in [7, 11) is 0. The van der Waals surface area contributed by atoms with Crippen molar-refractivity contribution in [3.8, 4) is 39.1 Å². The number of carboxylic acid groups (broad SMARTS) is 1. The minimum atomic E-state index is -1.05. The van der Waals surface area contributed by atoms with E-state index < -0.39 is 5.97 Å². The zero-order valence-corrected chi connectivity index (χ0v) is 21.9. The maximum absolute atomic E-state index is 11.8. The third kappa shape index (κ3) is 5.05. The van der Waals surface area contributed by atoms with Gasteiger partial charge in [0.15, 0.2) is 0 Å². The highest BCUT2D eigenvalue weighted by molar-refractivity contribution is 9.10. The molecule has 0 aromatic heterocycles. The van der Waals surface area contributed by atoms with E-state index in [2.05, 4.69) is 31.9 Å². The van der Waals surface area contributed by atoms with Crippen LogP contribution in [0.15, 0.2) is 81.7 Å². The van der Waals surface area contributed by atoms with Gasteiger partial charge >= 0.3 is 5.97 Å². The van der Waals surface area contributed by atoms with E-state index in [1.165, 1.54) is 0 Å². The molecule has 1 N–H and O–H groups in total. The number of aromatic carboxylic acids is 1. The zero-order chi connectivity index (χ0) is 24.4. The Morgan fingerprint density at radius 2 is 1.26 bits per heavy atom. The minimum Gasteiger partial charge on any atom is -0.478 e. The molecule has 0 atom stereocenters. The van der Waals surface area contributed by atoms with Gasteiger partial charge in [0.2, 0.25) is 0 Å². The van der Waals surface area contributed by atoms with Gasteiger partial charge in [-0.3, -0.25) is 4.79 Å². The highest BCUT2D eigenvalue weighted by Gasteiger charge is 2.17. The predicted molar refractivity (Wildman–Crippen MR) is 142 cm³/mol. The lowest BCUT2D eigenvalue weighted by Gasteiger charge is -2.14. The van der Waals surface area contributed by atoms with E-state index in [-0.39, 0.29) is 5.56 Å². The molecule has 0 spiro atoms. The Morgan fingerprint density at radius 1 is 0.735 bits per heavy atom. The molecule has 4 rings (SSSR count). The number of ether oxygens (including phenoxy) is 1. The summed E-state index contributed by atoms with van der Waals surface area (Å²) in [5.41, 5.74) is 4.20. The third-order valence-electron chi connectivity index (χ3n) is 5.18. The summed E-state index contributed by atoms with van der Waals surface area (Å²) in [6, 6.07) is 21.3. The second-order valence-corrected chi connectivity index (χ2v) is 9.88. The van der Waals surface area contributed by atoms with Crippen molar-refractivity contribution in [1.29, 1.82) is 0 Å². The first-order valence-electron chi connectivity index (χ1n) is 9.81. The lowest BCUT2D eigenvalue weighted by Crippen LogP contribution is -2.00. The molecule has 4 aromatic carbocycles. The molecule has 4 aromatic rings. The molecule has 4 nitrogen and oxygen atoms in total. The van der Waals surface area contributed by atoms with Crippen LogP contribution in [0, 0.1) is 0 Å². The Bertz CT molecular complexity index is 1440. The van der Waals surface area contributed by atoms with Gasteiger partial charge in [0.05, 0.1) is 5.56 Å². The molecule has 0 aliphatic rings. The van der Waals surface area contributed by atoms with Crippen LogP contribution in [-0.2, 0) is 4.79 Å². The van der Waals surface area contributed by atoms with Crippen molar-refractivity contribution in [2.75, 3.05) is 0 Å². The molecule has 0 unspecified atom stereocenters. The molecule has 0 fully saturated rings. The van der Waals surface area contributed by atoms with Crippen LogP contribution in [0.5, 0.6) is 5.75 Å². The Kier molecular flexibility index (Phi) is 7.43. The van der Waals surface area contributed by atoms with Gasteiger partial charge < -0.3 is 9.84 Å². The lowest BCUT2D eigenvalue weighted by molar-refractivity contribution is -0.120. The number of hydrogen-bond donors (Lipinski definition) is 1. The molecule has 0 amide bonds. The Morgan fingerprint density at radius 3 is 1.82 bits per heavy atom. The van der Waals surface area contributed by atoms with Crippen molar-refractivity contribution < 1.29 is 19.4 Å². The fraction of sp³-hybridized carbons (Fsp3) is 0. The summed E-state index contributed by atoms with van der Waals surface area (Å²) in [5, 5.41) is 10.6. The molecule has 8 heteroatoms. The molecule has 0 saturated heterocycles. The second-order valence-electron chi connectivity index (χ2n) is 7.24. The summed E-state index contributed by atoms with van der Waals surface area (Å²) < 4.78 is 6.58. The SMILES string of the molecule is O=COc1cc(Br)ccc1-c1cc(-c2ccc(Cl)c(-c3ccc(Br)cc3C(=O)O)c2)ccc1Cl. The topological polar surface area (TPSA) is 63.6 Å².